The maximum absolute atomic E-state index is 13.8. The van der Waals surface area contributed by atoms with Crippen LogP contribution in [-0.4, -0.2) is 87.8 Å². The highest BCUT2D eigenvalue weighted by Crippen LogP contribution is 2.76. The minimum Gasteiger partial charge on any atom is -0.497 e. The Morgan fingerprint density at radius 3 is 2.44 bits per heavy atom. The van der Waals surface area contributed by atoms with E-state index in [-0.39, 0.29) is 28.9 Å². The second-order valence-corrected chi connectivity index (χ2v) is 24.5. The summed E-state index contributed by atoms with van der Waals surface area (Å²) in [4.78, 5) is 20.8. The average molecular weight is 870 g/mol. The number of carbonyl (C=O) groups is 1. The fraction of sp³-hybridized carbons (Fsp3) is 0.731. The van der Waals surface area contributed by atoms with E-state index in [4.69, 9.17) is 14.2 Å². The molecule has 4 unspecified atom stereocenters. The highest BCUT2D eigenvalue weighted by Gasteiger charge is 2.69. The summed E-state index contributed by atoms with van der Waals surface area (Å²) in [5, 5.41) is 6.08. The number of nitrogens with zero attached hydrogens (tertiary/aromatic N) is 2. The molecule has 1 aromatic carbocycles. The highest BCUT2D eigenvalue weighted by atomic mass is 32.2. The first-order valence-corrected chi connectivity index (χ1v) is 26.2. The standard InChI is InChI=1S/C52H75N3O6S/c1-8-60-46(56)51(35-61-45-39-34-38(59-7)12-11-36(39)19-27-53-45)23-15-37(16-24-51)40-17-21-48(4)43(47(40,2)3)18-22-50(6)44(48)14-13-41-42-10-9-20-52(42,26-25-49(41,50)5)54-28-29-55-30-32-62(57,58)33-31-55/h11-12,15,17,19,27,34,41-44,54H,8-10,13-14,16,18,20-26,28-33,35H2,1-7H3/t41-,42?,43?,44?,48+,49-,50-,51?,52+/m1/s1. The first kappa shape index (κ1) is 44.3. The van der Waals surface area contributed by atoms with Crippen molar-refractivity contribution in [2.24, 2.45) is 50.7 Å². The zero-order valence-electron chi connectivity index (χ0n) is 39.0. The minimum atomic E-state index is -2.85. The van der Waals surface area contributed by atoms with Crippen molar-refractivity contribution in [3.8, 4) is 11.6 Å². The molecule has 0 amide bonds. The second kappa shape index (κ2) is 16.2. The van der Waals surface area contributed by atoms with Gasteiger partial charge in [-0.25, -0.2) is 13.4 Å². The first-order chi connectivity index (χ1) is 29.5. The molecule has 1 saturated heterocycles. The number of fused-ring (bicyclic) bond motifs is 8. The number of pyridine rings is 1. The van der Waals surface area contributed by atoms with Gasteiger partial charge >= 0.3 is 5.97 Å². The van der Waals surface area contributed by atoms with E-state index in [0.29, 0.717) is 72.6 Å². The fourth-order valence-corrected chi connectivity index (χ4v) is 17.1. The number of hydrogen-bond acceptors (Lipinski definition) is 9. The molecule has 1 N–H and O–H groups in total. The second-order valence-electron chi connectivity index (χ2n) is 22.2. The Kier molecular flexibility index (Phi) is 11.6. The number of nitrogens with one attached hydrogen (secondary N) is 1. The predicted molar refractivity (Wildman–Crippen MR) is 247 cm³/mol. The minimum absolute atomic E-state index is 0.0277. The molecule has 9 nitrogen and oxygen atoms in total. The SMILES string of the molecule is CCOC(=O)C1(COc2nccc3ccc(OC)cc23)CC=C(C2=CC[C@@]3(C)C(CC[C@]4(C)C3CC[C@@H]3C5CCC[C@]5(NCCN5CCS(=O)(=O)CC5)CC[C@]34C)C2(C)C)CC1. The van der Waals surface area contributed by atoms with Gasteiger partial charge < -0.3 is 24.4 Å². The molecular formula is C52H75N3O6S. The zero-order valence-corrected chi connectivity index (χ0v) is 39.8. The van der Waals surface area contributed by atoms with Crippen LogP contribution in [0.3, 0.4) is 0 Å². The van der Waals surface area contributed by atoms with Crippen LogP contribution in [0, 0.1) is 50.7 Å². The number of benzene rings is 1. The zero-order chi connectivity index (χ0) is 43.8. The Bertz CT molecular complexity index is 2210. The lowest BCUT2D eigenvalue weighted by molar-refractivity contribution is -0.218. The Morgan fingerprint density at radius 1 is 0.887 bits per heavy atom. The summed E-state index contributed by atoms with van der Waals surface area (Å²) in [5.41, 5.74) is 3.30. The summed E-state index contributed by atoms with van der Waals surface area (Å²) in [6.07, 6.45) is 21.8. The number of esters is 1. The molecule has 5 fully saturated rings. The maximum Gasteiger partial charge on any atom is 0.315 e. The molecule has 2 heterocycles. The summed E-state index contributed by atoms with van der Waals surface area (Å²) in [5.74, 6) is 4.48. The van der Waals surface area contributed by atoms with E-state index in [9.17, 15) is 13.2 Å². The summed E-state index contributed by atoms with van der Waals surface area (Å²) in [7, 11) is -1.19. The molecule has 340 valence electrons. The van der Waals surface area contributed by atoms with Gasteiger partial charge in [-0.05, 0) is 164 Å². The number of allylic oxidation sites excluding steroid dienone is 4. The number of methoxy groups -OCH3 is 1. The molecule has 4 saturated carbocycles. The molecule has 9 rings (SSSR count). The molecule has 0 radical (unpaired) electrons. The monoisotopic (exact) mass is 870 g/mol. The van der Waals surface area contributed by atoms with Gasteiger partial charge in [0.1, 0.15) is 17.8 Å². The van der Waals surface area contributed by atoms with E-state index >= 15 is 0 Å². The number of aromatic nitrogens is 1. The summed E-state index contributed by atoms with van der Waals surface area (Å²) >= 11 is 0. The molecular weight excluding hydrogens is 795 g/mol. The van der Waals surface area contributed by atoms with Crippen molar-refractivity contribution in [2.45, 2.75) is 131 Å². The van der Waals surface area contributed by atoms with Gasteiger partial charge in [0.05, 0.1) is 25.2 Å². The fourth-order valence-electron chi connectivity index (χ4n) is 15.8. The molecule has 0 spiro atoms. The third kappa shape index (κ3) is 7.17. The van der Waals surface area contributed by atoms with Crippen molar-refractivity contribution in [3.05, 3.63) is 53.8 Å². The normalized spacial score (nSPS) is 38.7. The van der Waals surface area contributed by atoms with Gasteiger partial charge in [0.2, 0.25) is 5.88 Å². The van der Waals surface area contributed by atoms with Crippen LogP contribution in [0.5, 0.6) is 11.6 Å². The van der Waals surface area contributed by atoms with E-state index in [1.807, 2.05) is 31.2 Å². The van der Waals surface area contributed by atoms with Crippen molar-refractivity contribution < 1.29 is 27.4 Å². The molecule has 2 aromatic rings. The molecule has 7 aliphatic rings. The van der Waals surface area contributed by atoms with Crippen LogP contribution < -0.4 is 14.8 Å². The molecule has 62 heavy (non-hydrogen) atoms. The van der Waals surface area contributed by atoms with Crippen molar-refractivity contribution in [1.29, 1.82) is 0 Å². The third-order valence-electron chi connectivity index (χ3n) is 19.4. The Morgan fingerprint density at radius 2 is 1.69 bits per heavy atom. The Labute approximate surface area is 372 Å². The van der Waals surface area contributed by atoms with Crippen LogP contribution in [0.2, 0.25) is 0 Å². The molecule has 1 aromatic heterocycles. The van der Waals surface area contributed by atoms with Crippen LogP contribution >= 0.6 is 0 Å². The van der Waals surface area contributed by atoms with Crippen LogP contribution in [0.15, 0.2) is 53.8 Å². The average Bonchev–Trinajstić information content (AvgIpc) is 3.68. The summed E-state index contributed by atoms with van der Waals surface area (Å²) < 4.78 is 41.8. The number of sulfone groups is 1. The molecule has 10 heteroatoms. The lowest BCUT2D eigenvalue weighted by Gasteiger charge is -2.72. The summed E-state index contributed by atoms with van der Waals surface area (Å²) in [6, 6.07) is 7.86. The Hall–Kier alpha value is -2.95. The van der Waals surface area contributed by atoms with E-state index in [2.05, 4.69) is 62.0 Å². The van der Waals surface area contributed by atoms with Gasteiger partial charge in [0.15, 0.2) is 9.84 Å². The smallest absolute Gasteiger partial charge is 0.315 e. The molecule has 6 aliphatic carbocycles. The molecule has 0 bridgehead atoms. The van der Waals surface area contributed by atoms with E-state index in [1.165, 1.54) is 68.9 Å². The number of carbonyl (C=O) groups excluding carboxylic acids is 1. The lowest BCUT2D eigenvalue weighted by Crippen LogP contribution is -2.67. The van der Waals surface area contributed by atoms with Gasteiger partial charge in [-0.2, -0.15) is 0 Å². The van der Waals surface area contributed by atoms with Crippen LogP contribution in [0.4, 0.5) is 0 Å². The largest absolute Gasteiger partial charge is 0.497 e. The maximum atomic E-state index is 13.8. The van der Waals surface area contributed by atoms with Gasteiger partial charge in [-0.3, -0.25) is 4.79 Å². The first-order valence-electron chi connectivity index (χ1n) is 24.3. The summed E-state index contributed by atoms with van der Waals surface area (Å²) in [6.45, 7) is 19.0. The van der Waals surface area contributed by atoms with Crippen molar-refractivity contribution >= 4 is 26.6 Å². The Balaban J connectivity index is 0.912. The van der Waals surface area contributed by atoms with Crippen molar-refractivity contribution in [1.82, 2.24) is 15.2 Å². The van der Waals surface area contributed by atoms with Gasteiger partial charge in [0.25, 0.3) is 0 Å². The van der Waals surface area contributed by atoms with E-state index in [0.717, 1.165) is 54.3 Å². The lowest BCUT2D eigenvalue weighted by atomic mass is 9.33. The predicted octanol–water partition coefficient (Wildman–Crippen LogP) is 9.75. The quantitative estimate of drug-likeness (QED) is 0.221. The third-order valence-corrected chi connectivity index (χ3v) is 21.0. The topological polar surface area (TPSA) is 107 Å². The number of hydrogen-bond donors (Lipinski definition) is 1. The van der Waals surface area contributed by atoms with Crippen LogP contribution in [0.25, 0.3) is 10.8 Å². The molecule has 9 atom stereocenters. The van der Waals surface area contributed by atoms with Crippen LogP contribution in [-0.2, 0) is 19.4 Å². The van der Waals surface area contributed by atoms with Crippen molar-refractivity contribution in [2.75, 3.05) is 58.0 Å². The van der Waals surface area contributed by atoms with E-state index < -0.39 is 15.3 Å². The van der Waals surface area contributed by atoms with Gasteiger partial charge in [0, 0.05) is 43.3 Å². The van der Waals surface area contributed by atoms with E-state index in [1.54, 1.807) is 13.3 Å². The van der Waals surface area contributed by atoms with Crippen molar-refractivity contribution in [3.63, 3.8) is 0 Å². The van der Waals surface area contributed by atoms with Gasteiger partial charge in [-0.15, -0.1) is 0 Å². The molecule has 1 aliphatic heterocycles. The number of rotatable bonds is 11. The van der Waals surface area contributed by atoms with Gasteiger partial charge in [-0.1, -0.05) is 59.3 Å². The van der Waals surface area contributed by atoms with Crippen LogP contribution in [0.1, 0.15) is 125 Å². The highest BCUT2D eigenvalue weighted by molar-refractivity contribution is 7.91. The number of ether oxygens (including phenoxy) is 3.